The molecule has 1 aliphatic heterocycles. The monoisotopic (exact) mass is 363 g/mol. The Bertz CT molecular complexity index is 726. The SMILES string of the molecule is Cc1cc(CN2CCN(C(=O)C(C)Oc3ccccc3Cl)CC2)on1. The number of hydrogen-bond acceptors (Lipinski definition) is 5. The predicted molar refractivity (Wildman–Crippen MR) is 94.6 cm³/mol. The summed E-state index contributed by atoms with van der Waals surface area (Å²) in [5.74, 6) is 1.37. The Morgan fingerprint density at radius 3 is 2.68 bits per heavy atom. The molecule has 1 atom stereocenters. The first-order valence-electron chi connectivity index (χ1n) is 8.37. The van der Waals surface area contributed by atoms with Gasteiger partial charge in [0.15, 0.2) is 11.9 Å². The van der Waals surface area contributed by atoms with E-state index < -0.39 is 6.10 Å². The summed E-state index contributed by atoms with van der Waals surface area (Å²) < 4.78 is 11.0. The van der Waals surface area contributed by atoms with Crippen LogP contribution in [0.2, 0.25) is 5.02 Å². The molecule has 0 N–H and O–H groups in total. The molecule has 0 radical (unpaired) electrons. The van der Waals surface area contributed by atoms with Gasteiger partial charge in [0.2, 0.25) is 0 Å². The molecule has 2 aromatic rings. The normalized spacial score (nSPS) is 16.7. The van der Waals surface area contributed by atoms with Gasteiger partial charge in [0.25, 0.3) is 5.91 Å². The van der Waals surface area contributed by atoms with Crippen molar-refractivity contribution in [1.29, 1.82) is 0 Å². The number of aryl methyl sites for hydroxylation is 1. The van der Waals surface area contributed by atoms with Crippen LogP contribution in [0.5, 0.6) is 5.75 Å². The molecular formula is C18H22ClN3O3. The number of aromatic nitrogens is 1. The Labute approximate surface area is 152 Å². The lowest BCUT2D eigenvalue weighted by Gasteiger charge is -2.35. The van der Waals surface area contributed by atoms with Gasteiger partial charge in [-0.2, -0.15) is 0 Å². The largest absolute Gasteiger partial charge is 0.479 e. The van der Waals surface area contributed by atoms with Crippen molar-refractivity contribution in [3.05, 3.63) is 46.8 Å². The maximum Gasteiger partial charge on any atom is 0.263 e. The van der Waals surface area contributed by atoms with Crippen molar-refractivity contribution < 1.29 is 14.1 Å². The Balaban J connectivity index is 1.50. The molecule has 3 rings (SSSR count). The zero-order valence-corrected chi connectivity index (χ0v) is 15.2. The van der Waals surface area contributed by atoms with Crippen LogP contribution in [-0.2, 0) is 11.3 Å². The molecule has 7 heteroatoms. The van der Waals surface area contributed by atoms with Gasteiger partial charge >= 0.3 is 0 Å². The summed E-state index contributed by atoms with van der Waals surface area (Å²) in [6.07, 6.45) is -0.566. The van der Waals surface area contributed by atoms with Crippen LogP contribution in [0.1, 0.15) is 18.4 Å². The first kappa shape index (κ1) is 17.8. The van der Waals surface area contributed by atoms with Gasteiger partial charge in [-0.1, -0.05) is 28.9 Å². The molecule has 1 aromatic carbocycles. The summed E-state index contributed by atoms with van der Waals surface area (Å²) in [7, 11) is 0. The summed E-state index contributed by atoms with van der Waals surface area (Å²) in [4.78, 5) is 16.7. The van der Waals surface area contributed by atoms with Crippen molar-refractivity contribution in [1.82, 2.24) is 15.0 Å². The highest BCUT2D eigenvalue weighted by Crippen LogP contribution is 2.24. The van der Waals surface area contributed by atoms with E-state index in [0.29, 0.717) is 30.4 Å². The molecule has 134 valence electrons. The first-order valence-corrected chi connectivity index (χ1v) is 8.75. The van der Waals surface area contributed by atoms with E-state index in [1.807, 2.05) is 30.0 Å². The van der Waals surface area contributed by atoms with E-state index in [9.17, 15) is 4.79 Å². The van der Waals surface area contributed by atoms with Crippen LogP contribution < -0.4 is 4.74 Å². The van der Waals surface area contributed by atoms with Gasteiger partial charge in [0, 0.05) is 32.2 Å². The predicted octanol–water partition coefficient (Wildman–Crippen LogP) is 2.75. The molecule has 0 saturated carbocycles. The maximum absolute atomic E-state index is 12.6. The van der Waals surface area contributed by atoms with Crippen molar-refractivity contribution in [2.45, 2.75) is 26.5 Å². The second-order valence-corrected chi connectivity index (χ2v) is 6.63. The molecule has 25 heavy (non-hydrogen) atoms. The highest BCUT2D eigenvalue weighted by atomic mass is 35.5. The lowest BCUT2D eigenvalue weighted by molar-refractivity contribution is -0.139. The van der Waals surface area contributed by atoms with Crippen LogP contribution in [0.25, 0.3) is 0 Å². The Hall–Kier alpha value is -2.05. The smallest absolute Gasteiger partial charge is 0.263 e. The Morgan fingerprint density at radius 2 is 2.04 bits per heavy atom. The maximum atomic E-state index is 12.6. The van der Waals surface area contributed by atoms with Crippen molar-refractivity contribution >= 4 is 17.5 Å². The molecule has 1 fully saturated rings. The third kappa shape index (κ3) is 4.52. The van der Waals surface area contributed by atoms with E-state index in [1.165, 1.54) is 0 Å². The van der Waals surface area contributed by atoms with Crippen molar-refractivity contribution in [2.75, 3.05) is 26.2 Å². The number of nitrogens with zero attached hydrogens (tertiary/aromatic N) is 3. The number of benzene rings is 1. The number of para-hydroxylation sites is 1. The van der Waals surface area contributed by atoms with Gasteiger partial charge in [-0.05, 0) is 26.0 Å². The number of hydrogen-bond donors (Lipinski definition) is 0. The van der Waals surface area contributed by atoms with Gasteiger partial charge in [-0.25, -0.2) is 0 Å². The molecule has 1 amide bonds. The molecule has 1 unspecified atom stereocenters. The van der Waals surface area contributed by atoms with Crippen molar-refractivity contribution in [3.63, 3.8) is 0 Å². The van der Waals surface area contributed by atoms with E-state index in [-0.39, 0.29) is 5.91 Å². The van der Waals surface area contributed by atoms with Crippen LogP contribution >= 0.6 is 11.6 Å². The van der Waals surface area contributed by atoms with Crippen molar-refractivity contribution in [2.24, 2.45) is 0 Å². The molecule has 1 saturated heterocycles. The van der Waals surface area contributed by atoms with Gasteiger partial charge in [0.1, 0.15) is 5.75 Å². The van der Waals surface area contributed by atoms with Crippen LogP contribution in [0.4, 0.5) is 0 Å². The zero-order valence-electron chi connectivity index (χ0n) is 14.4. The lowest BCUT2D eigenvalue weighted by atomic mass is 10.2. The second-order valence-electron chi connectivity index (χ2n) is 6.23. The van der Waals surface area contributed by atoms with Crippen LogP contribution in [0.15, 0.2) is 34.9 Å². The van der Waals surface area contributed by atoms with Crippen LogP contribution in [0.3, 0.4) is 0 Å². The number of amides is 1. The minimum atomic E-state index is -0.566. The summed E-state index contributed by atoms with van der Waals surface area (Å²) in [6, 6.07) is 9.12. The van der Waals surface area contributed by atoms with Gasteiger partial charge in [0.05, 0.1) is 17.3 Å². The second kappa shape index (κ2) is 7.89. The fourth-order valence-electron chi connectivity index (χ4n) is 2.88. The number of piperazine rings is 1. The highest BCUT2D eigenvalue weighted by molar-refractivity contribution is 6.32. The number of rotatable bonds is 5. The van der Waals surface area contributed by atoms with Crippen LogP contribution in [-0.4, -0.2) is 53.1 Å². The topological polar surface area (TPSA) is 58.8 Å². The summed E-state index contributed by atoms with van der Waals surface area (Å²) in [5, 5.41) is 4.41. The average molecular weight is 364 g/mol. The summed E-state index contributed by atoms with van der Waals surface area (Å²) >= 11 is 6.09. The lowest BCUT2D eigenvalue weighted by Crippen LogP contribution is -2.51. The molecule has 1 aromatic heterocycles. The molecular weight excluding hydrogens is 342 g/mol. The molecule has 0 aliphatic carbocycles. The van der Waals surface area contributed by atoms with E-state index in [2.05, 4.69) is 10.1 Å². The van der Waals surface area contributed by atoms with Gasteiger partial charge in [-0.15, -0.1) is 0 Å². The minimum absolute atomic E-state index is 0.0184. The number of carbonyl (C=O) groups is 1. The van der Waals surface area contributed by atoms with Gasteiger partial charge in [-0.3, -0.25) is 9.69 Å². The van der Waals surface area contributed by atoms with Crippen LogP contribution in [0, 0.1) is 6.92 Å². The Morgan fingerprint density at radius 1 is 1.32 bits per heavy atom. The molecule has 0 bridgehead atoms. The molecule has 1 aliphatic rings. The van der Waals surface area contributed by atoms with E-state index >= 15 is 0 Å². The molecule has 0 spiro atoms. The highest BCUT2D eigenvalue weighted by Gasteiger charge is 2.26. The third-order valence-corrected chi connectivity index (χ3v) is 4.54. The van der Waals surface area contributed by atoms with Gasteiger partial charge < -0.3 is 14.2 Å². The fraction of sp³-hybridized carbons (Fsp3) is 0.444. The van der Waals surface area contributed by atoms with E-state index in [0.717, 1.165) is 24.5 Å². The zero-order chi connectivity index (χ0) is 17.8. The fourth-order valence-corrected chi connectivity index (χ4v) is 3.06. The van der Waals surface area contributed by atoms with E-state index in [4.69, 9.17) is 20.9 Å². The summed E-state index contributed by atoms with van der Waals surface area (Å²) in [6.45, 7) is 7.31. The third-order valence-electron chi connectivity index (χ3n) is 4.23. The minimum Gasteiger partial charge on any atom is -0.479 e. The Kier molecular flexibility index (Phi) is 5.60. The molecule has 2 heterocycles. The van der Waals surface area contributed by atoms with Crippen molar-refractivity contribution in [3.8, 4) is 5.75 Å². The summed E-state index contributed by atoms with van der Waals surface area (Å²) in [5.41, 5.74) is 0.884. The molecule has 6 nitrogen and oxygen atoms in total. The number of halogens is 1. The average Bonchev–Trinajstić information content (AvgIpc) is 3.02. The quantitative estimate of drug-likeness (QED) is 0.817. The first-order chi connectivity index (χ1) is 12.0. The number of carbonyl (C=O) groups excluding carboxylic acids is 1. The van der Waals surface area contributed by atoms with E-state index in [1.54, 1.807) is 19.1 Å². The number of ether oxygens (including phenoxy) is 1. The standard InChI is InChI=1S/C18H22ClN3O3/c1-13-11-15(25-20-13)12-21-7-9-22(10-8-21)18(23)14(2)24-17-6-4-3-5-16(17)19/h3-6,11,14H,7-10,12H2,1-2H3.